The molecule has 0 aromatic carbocycles. The molecule has 0 aliphatic carbocycles. The molecule has 0 bridgehead atoms. The lowest BCUT2D eigenvalue weighted by molar-refractivity contribution is 0.150. The van der Waals surface area contributed by atoms with Crippen molar-refractivity contribution in [1.82, 2.24) is 5.32 Å². The molecule has 0 amide bonds. The molecule has 0 aromatic rings. The van der Waals surface area contributed by atoms with Gasteiger partial charge in [-0.3, -0.25) is 0 Å². The van der Waals surface area contributed by atoms with Crippen LogP contribution >= 0.6 is 0 Å². The molecular formula is C6H12N4O. The summed E-state index contributed by atoms with van der Waals surface area (Å²) in [7, 11) is 0. The first-order chi connectivity index (χ1) is 5.33. The lowest BCUT2D eigenvalue weighted by Crippen LogP contribution is -2.31. The van der Waals surface area contributed by atoms with E-state index in [2.05, 4.69) is 15.3 Å². The SMILES string of the molecule is [N-]=[N+]=NCC1(CO)CCNC1. The van der Waals surface area contributed by atoms with Crippen LogP contribution in [0.4, 0.5) is 0 Å². The van der Waals surface area contributed by atoms with Crippen LogP contribution in [-0.2, 0) is 0 Å². The number of aliphatic hydroxyl groups excluding tert-OH is 1. The fourth-order valence-corrected chi connectivity index (χ4v) is 1.30. The van der Waals surface area contributed by atoms with Crippen LogP contribution < -0.4 is 5.32 Å². The molecule has 1 rings (SSSR count). The Morgan fingerprint density at radius 3 is 3.00 bits per heavy atom. The van der Waals surface area contributed by atoms with Gasteiger partial charge in [0, 0.05) is 23.4 Å². The van der Waals surface area contributed by atoms with Gasteiger partial charge in [0.1, 0.15) is 0 Å². The van der Waals surface area contributed by atoms with E-state index >= 15 is 0 Å². The van der Waals surface area contributed by atoms with Crippen molar-refractivity contribution in [1.29, 1.82) is 0 Å². The van der Waals surface area contributed by atoms with E-state index in [1.165, 1.54) is 0 Å². The lowest BCUT2D eigenvalue weighted by atomic mass is 9.89. The third-order valence-electron chi connectivity index (χ3n) is 2.14. The minimum atomic E-state index is -0.188. The summed E-state index contributed by atoms with van der Waals surface area (Å²) in [5.74, 6) is 0. The van der Waals surface area contributed by atoms with Crippen molar-refractivity contribution >= 4 is 0 Å². The molecule has 0 aromatic heterocycles. The van der Waals surface area contributed by atoms with Crippen molar-refractivity contribution < 1.29 is 5.11 Å². The highest BCUT2D eigenvalue weighted by Gasteiger charge is 2.32. The van der Waals surface area contributed by atoms with E-state index in [9.17, 15) is 0 Å². The van der Waals surface area contributed by atoms with Crippen LogP contribution in [0.2, 0.25) is 0 Å². The van der Waals surface area contributed by atoms with Gasteiger partial charge in [-0.15, -0.1) is 0 Å². The van der Waals surface area contributed by atoms with Gasteiger partial charge in [-0.05, 0) is 18.5 Å². The third-order valence-corrected chi connectivity index (χ3v) is 2.14. The predicted octanol–water partition coefficient (Wildman–Crippen LogP) is 0.269. The predicted molar refractivity (Wildman–Crippen MR) is 41.0 cm³/mol. The maximum atomic E-state index is 9.02. The maximum Gasteiger partial charge on any atom is 0.0501 e. The molecule has 5 nitrogen and oxygen atoms in total. The molecule has 0 radical (unpaired) electrons. The zero-order valence-electron chi connectivity index (χ0n) is 6.32. The van der Waals surface area contributed by atoms with Crippen molar-refractivity contribution in [3.05, 3.63) is 10.4 Å². The Labute approximate surface area is 65.0 Å². The van der Waals surface area contributed by atoms with Crippen LogP contribution in [-0.4, -0.2) is 31.3 Å². The van der Waals surface area contributed by atoms with Crippen LogP contribution in [0.5, 0.6) is 0 Å². The summed E-state index contributed by atoms with van der Waals surface area (Å²) in [5.41, 5.74) is 7.90. The highest BCUT2D eigenvalue weighted by molar-refractivity contribution is 4.89. The highest BCUT2D eigenvalue weighted by Crippen LogP contribution is 2.24. The number of azide groups is 1. The van der Waals surface area contributed by atoms with Crippen LogP contribution in [0.25, 0.3) is 10.4 Å². The van der Waals surface area contributed by atoms with E-state index in [0.717, 1.165) is 19.5 Å². The Morgan fingerprint density at radius 1 is 1.73 bits per heavy atom. The summed E-state index contributed by atoms with van der Waals surface area (Å²) in [4.78, 5) is 2.68. The van der Waals surface area contributed by atoms with E-state index < -0.39 is 0 Å². The number of nitrogens with one attached hydrogen (secondary N) is 1. The van der Waals surface area contributed by atoms with Gasteiger partial charge < -0.3 is 10.4 Å². The monoisotopic (exact) mass is 156 g/mol. The molecule has 5 heteroatoms. The summed E-state index contributed by atoms with van der Waals surface area (Å²) in [5, 5.41) is 15.6. The number of nitrogens with zero attached hydrogens (tertiary/aromatic N) is 3. The van der Waals surface area contributed by atoms with Crippen LogP contribution in [0.3, 0.4) is 0 Å². The molecule has 62 valence electrons. The minimum Gasteiger partial charge on any atom is -0.396 e. The number of aliphatic hydroxyl groups is 1. The number of hydrogen-bond acceptors (Lipinski definition) is 3. The van der Waals surface area contributed by atoms with Crippen LogP contribution in [0.15, 0.2) is 5.11 Å². The second-order valence-electron chi connectivity index (χ2n) is 2.97. The Kier molecular flexibility index (Phi) is 2.70. The van der Waals surface area contributed by atoms with Crippen molar-refractivity contribution in [2.75, 3.05) is 26.2 Å². The normalized spacial score (nSPS) is 29.9. The Morgan fingerprint density at radius 2 is 2.55 bits per heavy atom. The van der Waals surface area contributed by atoms with E-state index in [1.54, 1.807) is 0 Å². The smallest absolute Gasteiger partial charge is 0.0501 e. The first-order valence-corrected chi connectivity index (χ1v) is 3.65. The fourth-order valence-electron chi connectivity index (χ4n) is 1.30. The summed E-state index contributed by atoms with van der Waals surface area (Å²) in [6, 6.07) is 0. The average molecular weight is 156 g/mol. The molecule has 2 N–H and O–H groups in total. The molecule has 0 saturated carbocycles. The van der Waals surface area contributed by atoms with Gasteiger partial charge in [-0.2, -0.15) is 0 Å². The second-order valence-corrected chi connectivity index (χ2v) is 2.97. The van der Waals surface area contributed by atoms with Gasteiger partial charge in [0.25, 0.3) is 0 Å². The Bertz CT molecular complexity index is 169. The quantitative estimate of drug-likeness (QED) is 0.349. The standard InChI is InChI=1S/C6H12N4O/c7-10-9-4-6(5-11)1-2-8-3-6/h8,11H,1-5H2. The van der Waals surface area contributed by atoms with E-state index in [1.807, 2.05) is 0 Å². The molecule has 1 atom stereocenters. The summed E-state index contributed by atoms with van der Waals surface area (Å²) in [6.07, 6.45) is 0.891. The van der Waals surface area contributed by atoms with Gasteiger partial charge in [-0.1, -0.05) is 5.11 Å². The van der Waals surface area contributed by atoms with Crippen LogP contribution in [0, 0.1) is 5.41 Å². The molecule has 1 unspecified atom stereocenters. The summed E-state index contributed by atoms with van der Waals surface area (Å²) < 4.78 is 0. The second kappa shape index (κ2) is 3.57. The molecule has 1 aliphatic heterocycles. The Balaban J connectivity index is 2.51. The molecule has 1 aliphatic rings. The largest absolute Gasteiger partial charge is 0.396 e. The average Bonchev–Trinajstić information content (AvgIpc) is 2.50. The van der Waals surface area contributed by atoms with Gasteiger partial charge in [0.2, 0.25) is 0 Å². The van der Waals surface area contributed by atoms with Crippen LogP contribution in [0.1, 0.15) is 6.42 Å². The van der Waals surface area contributed by atoms with E-state index in [-0.39, 0.29) is 12.0 Å². The molecule has 11 heavy (non-hydrogen) atoms. The Hall–Kier alpha value is -0.770. The first-order valence-electron chi connectivity index (χ1n) is 3.65. The van der Waals surface area contributed by atoms with Gasteiger partial charge in [0.15, 0.2) is 0 Å². The topological polar surface area (TPSA) is 81.0 Å². The lowest BCUT2D eigenvalue weighted by Gasteiger charge is -2.22. The fraction of sp³-hybridized carbons (Fsp3) is 1.00. The molecule has 1 heterocycles. The first kappa shape index (κ1) is 8.33. The molecular weight excluding hydrogens is 144 g/mol. The van der Waals surface area contributed by atoms with Crippen molar-refractivity contribution in [3.63, 3.8) is 0 Å². The van der Waals surface area contributed by atoms with E-state index in [4.69, 9.17) is 10.6 Å². The summed E-state index contributed by atoms with van der Waals surface area (Å²) in [6.45, 7) is 2.15. The maximum absolute atomic E-state index is 9.02. The minimum absolute atomic E-state index is 0.0962. The number of rotatable bonds is 3. The molecule has 0 spiro atoms. The molecule has 1 fully saturated rings. The van der Waals surface area contributed by atoms with Crippen molar-refractivity contribution in [2.24, 2.45) is 10.5 Å². The highest BCUT2D eigenvalue weighted by atomic mass is 16.3. The molecule has 1 saturated heterocycles. The summed E-state index contributed by atoms with van der Waals surface area (Å²) >= 11 is 0. The zero-order valence-corrected chi connectivity index (χ0v) is 6.32. The van der Waals surface area contributed by atoms with Gasteiger partial charge in [0.05, 0.1) is 6.61 Å². The number of hydrogen-bond donors (Lipinski definition) is 2. The third kappa shape index (κ3) is 1.83. The van der Waals surface area contributed by atoms with Gasteiger partial charge >= 0.3 is 0 Å². The van der Waals surface area contributed by atoms with Gasteiger partial charge in [-0.25, -0.2) is 0 Å². The zero-order chi connectivity index (χ0) is 8.16. The van der Waals surface area contributed by atoms with Crippen molar-refractivity contribution in [2.45, 2.75) is 6.42 Å². The van der Waals surface area contributed by atoms with Crippen molar-refractivity contribution in [3.8, 4) is 0 Å². The van der Waals surface area contributed by atoms with E-state index in [0.29, 0.717) is 6.54 Å².